The van der Waals surface area contributed by atoms with Gasteiger partial charge in [0.1, 0.15) is 5.82 Å². The second-order valence-corrected chi connectivity index (χ2v) is 4.86. The SMILES string of the molecule is CC.CC.CC1=C(C)N(C(C)c2cccnc2N)CCC(=O)N1. The van der Waals surface area contributed by atoms with E-state index >= 15 is 0 Å². The van der Waals surface area contributed by atoms with Crippen LogP contribution in [0.4, 0.5) is 5.82 Å². The van der Waals surface area contributed by atoms with Gasteiger partial charge in [-0.15, -0.1) is 0 Å². The molecule has 0 saturated heterocycles. The molecule has 1 aromatic heterocycles. The Morgan fingerprint density at radius 3 is 2.43 bits per heavy atom. The number of rotatable bonds is 2. The average molecular weight is 320 g/mol. The average Bonchev–Trinajstić information content (AvgIpc) is 2.70. The zero-order chi connectivity index (χ0) is 18.0. The van der Waals surface area contributed by atoms with E-state index in [0.717, 1.165) is 17.0 Å². The number of nitrogens with zero attached hydrogens (tertiary/aromatic N) is 2. The molecule has 1 atom stereocenters. The molecule has 5 nitrogen and oxygen atoms in total. The van der Waals surface area contributed by atoms with Crippen molar-refractivity contribution in [2.24, 2.45) is 0 Å². The summed E-state index contributed by atoms with van der Waals surface area (Å²) in [5, 5.41) is 2.89. The summed E-state index contributed by atoms with van der Waals surface area (Å²) < 4.78 is 0. The van der Waals surface area contributed by atoms with Gasteiger partial charge >= 0.3 is 0 Å². The lowest BCUT2D eigenvalue weighted by atomic mass is 10.1. The summed E-state index contributed by atoms with van der Waals surface area (Å²) >= 11 is 0. The molecule has 2 heterocycles. The Labute approximate surface area is 141 Å². The molecule has 0 aromatic carbocycles. The van der Waals surface area contributed by atoms with Crippen LogP contribution in [0.5, 0.6) is 0 Å². The predicted octanol–water partition coefficient (Wildman–Crippen LogP) is 3.85. The molecule has 0 radical (unpaired) electrons. The zero-order valence-electron chi connectivity index (χ0n) is 15.6. The van der Waals surface area contributed by atoms with Gasteiger partial charge in [-0.1, -0.05) is 33.8 Å². The first-order valence-electron chi connectivity index (χ1n) is 8.45. The van der Waals surface area contributed by atoms with Gasteiger partial charge in [-0.05, 0) is 26.8 Å². The predicted molar refractivity (Wildman–Crippen MR) is 97.6 cm³/mol. The molecule has 0 spiro atoms. The maximum atomic E-state index is 11.6. The van der Waals surface area contributed by atoms with Gasteiger partial charge in [0.15, 0.2) is 0 Å². The van der Waals surface area contributed by atoms with Crippen LogP contribution < -0.4 is 11.1 Å². The van der Waals surface area contributed by atoms with Crippen LogP contribution in [0.3, 0.4) is 0 Å². The van der Waals surface area contributed by atoms with Crippen molar-refractivity contribution in [1.82, 2.24) is 15.2 Å². The van der Waals surface area contributed by atoms with E-state index in [9.17, 15) is 4.79 Å². The summed E-state index contributed by atoms with van der Waals surface area (Å²) in [7, 11) is 0. The van der Waals surface area contributed by atoms with Crippen molar-refractivity contribution in [3.8, 4) is 0 Å². The Hall–Kier alpha value is -2.04. The number of nitrogen functional groups attached to an aromatic ring is 1. The monoisotopic (exact) mass is 320 g/mol. The second kappa shape index (κ2) is 10.6. The molecular weight excluding hydrogens is 288 g/mol. The maximum Gasteiger partial charge on any atom is 0.225 e. The van der Waals surface area contributed by atoms with Crippen molar-refractivity contribution in [2.75, 3.05) is 12.3 Å². The minimum atomic E-state index is 0.0608. The second-order valence-electron chi connectivity index (χ2n) is 4.86. The molecule has 0 bridgehead atoms. The third-order valence-electron chi connectivity index (χ3n) is 3.67. The molecule has 1 aromatic rings. The van der Waals surface area contributed by atoms with E-state index in [0.29, 0.717) is 18.8 Å². The van der Waals surface area contributed by atoms with Gasteiger partial charge in [0.05, 0.1) is 6.04 Å². The summed E-state index contributed by atoms with van der Waals surface area (Å²) in [6, 6.07) is 3.96. The number of nitrogens with one attached hydrogen (secondary N) is 1. The molecule has 1 aliphatic rings. The number of pyridine rings is 1. The number of aromatic nitrogens is 1. The standard InChI is InChI=1S/C14H20N4O.2C2H6/c1-9-10(2)18(8-6-13(19)17-9)11(3)12-5-4-7-16-14(12)15;2*1-2/h4-5,7,11H,6,8H2,1-3H3,(H2,15,16)(H,17,19);2*1-2H3. The van der Waals surface area contributed by atoms with Crippen molar-refractivity contribution < 1.29 is 4.79 Å². The van der Waals surface area contributed by atoms with Crippen LogP contribution >= 0.6 is 0 Å². The first-order chi connectivity index (χ1) is 11.0. The molecule has 5 heteroatoms. The lowest BCUT2D eigenvalue weighted by molar-refractivity contribution is -0.120. The summed E-state index contributed by atoms with van der Waals surface area (Å²) in [5.74, 6) is 0.606. The summed E-state index contributed by atoms with van der Waals surface area (Å²) in [6.45, 7) is 14.7. The summed E-state index contributed by atoms with van der Waals surface area (Å²) in [4.78, 5) is 17.9. The largest absolute Gasteiger partial charge is 0.383 e. The Morgan fingerprint density at radius 2 is 1.87 bits per heavy atom. The third kappa shape index (κ3) is 5.58. The molecule has 2 rings (SSSR count). The highest BCUT2D eigenvalue weighted by atomic mass is 16.1. The first kappa shape index (κ1) is 21.0. The Balaban J connectivity index is 0.00000112. The summed E-state index contributed by atoms with van der Waals surface area (Å²) in [6.07, 6.45) is 2.17. The van der Waals surface area contributed by atoms with Crippen molar-refractivity contribution in [2.45, 2.75) is 60.9 Å². The number of hydrogen-bond donors (Lipinski definition) is 2. The van der Waals surface area contributed by atoms with Gasteiger partial charge in [-0.3, -0.25) is 4.79 Å². The Kier molecular flexibility index (Phi) is 9.70. The van der Waals surface area contributed by atoms with Crippen LogP contribution in [0.2, 0.25) is 0 Å². The lowest BCUT2D eigenvalue weighted by Gasteiger charge is -2.31. The van der Waals surface area contributed by atoms with Crippen LogP contribution in [0, 0.1) is 0 Å². The van der Waals surface area contributed by atoms with E-state index in [1.807, 2.05) is 53.7 Å². The minimum absolute atomic E-state index is 0.0608. The molecule has 0 aliphatic carbocycles. The van der Waals surface area contributed by atoms with Gasteiger partial charge in [0, 0.05) is 36.1 Å². The number of nitrogens with two attached hydrogens (primary N) is 1. The van der Waals surface area contributed by atoms with E-state index in [2.05, 4.69) is 22.1 Å². The third-order valence-corrected chi connectivity index (χ3v) is 3.67. The normalized spacial score (nSPS) is 15.4. The fourth-order valence-electron chi connectivity index (χ4n) is 2.40. The van der Waals surface area contributed by atoms with E-state index in [4.69, 9.17) is 5.73 Å². The van der Waals surface area contributed by atoms with E-state index < -0.39 is 0 Å². The quantitative estimate of drug-likeness (QED) is 0.868. The smallest absolute Gasteiger partial charge is 0.225 e. The number of carbonyl (C=O) groups excluding carboxylic acids is 1. The van der Waals surface area contributed by atoms with Gasteiger partial charge < -0.3 is 16.0 Å². The molecule has 1 amide bonds. The molecule has 0 fully saturated rings. The lowest BCUT2D eigenvalue weighted by Crippen LogP contribution is -2.27. The highest BCUT2D eigenvalue weighted by Gasteiger charge is 2.23. The minimum Gasteiger partial charge on any atom is -0.383 e. The van der Waals surface area contributed by atoms with Crippen molar-refractivity contribution in [3.63, 3.8) is 0 Å². The molecule has 0 saturated carbocycles. The molecule has 130 valence electrons. The van der Waals surface area contributed by atoms with E-state index in [1.165, 1.54) is 0 Å². The van der Waals surface area contributed by atoms with Crippen LogP contribution in [-0.2, 0) is 4.79 Å². The molecular formula is C18H32N4O. The van der Waals surface area contributed by atoms with Gasteiger partial charge in [-0.2, -0.15) is 0 Å². The maximum absolute atomic E-state index is 11.6. The van der Waals surface area contributed by atoms with Crippen LogP contribution in [-0.4, -0.2) is 22.3 Å². The molecule has 23 heavy (non-hydrogen) atoms. The number of amides is 1. The topological polar surface area (TPSA) is 71.2 Å². The Morgan fingerprint density at radius 1 is 1.26 bits per heavy atom. The highest BCUT2D eigenvalue weighted by molar-refractivity contribution is 5.78. The fraction of sp³-hybridized carbons (Fsp3) is 0.556. The first-order valence-corrected chi connectivity index (χ1v) is 8.45. The van der Waals surface area contributed by atoms with Crippen molar-refractivity contribution in [1.29, 1.82) is 0 Å². The molecule has 1 unspecified atom stereocenters. The van der Waals surface area contributed by atoms with Crippen molar-refractivity contribution in [3.05, 3.63) is 35.3 Å². The molecule has 3 N–H and O–H groups in total. The zero-order valence-corrected chi connectivity index (χ0v) is 15.6. The van der Waals surface area contributed by atoms with Crippen LogP contribution in [0.1, 0.15) is 66.5 Å². The van der Waals surface area contributed by atoms with Crippen LogP contribution in [0.15, 0.2) is 29.7 Å². The Bertz CT molecular complexity index is 526. The summed E-state index contributed by atoms with van der Waals surface area (Å²) in [5.41, 5.74) is 8.90. The van der Waals surface area contributed by atoms with Crippen LogP contribution in [0.25, 0.3) is 0 Å². The highest BCUT2D eigenvalue weighted by Crippen LogP contribution is 2.29. The van der Waals surface area contributed by atoms with Gasteiger partial charge in [0.25, 0.3) is 0 Å². The number of allylic oxidation sites excluding steroid dienone is 2. The van der Waals surface area contributed by atoms with E-state index in [1.54, 1.807) is 6.20 Å². The van der Waals surface area contributed by atoms with Gasteiger partial charge in [0.2, 0.25) is 5.91 Å². The van der Waals surface area contributed by atoms with Gasteiger partial charge in [-0.25, -0.2) is 4.98 Å². The van der Waals surface area contributed by atoms with E-state index in [-0.39, 0.29) is 11.9 Å². The number of hydrogen-bond acceptors (Lipinski definition) is 4. The number of carbonyl (C=O) groups is 1. The molecule has 1 aliphatic heterocycles. The fourth-order valence-corrected chi connectivity index (χ4v) is 2.40. The number of anilines is 1. The van der Waals surface area contributed by atoms with Crippen molar-refractivity contribution >= 4 is 11.7 Å².